The second-order valence-electron chi connectivity index (χ2n) is 5.56. The Hall–Kier alpha value is -1.85. The molecule has 140 valence electrons. The quantitative estimate of drug-likeness (QED) is 0.827. The average Bonchev–Trinajstić information content (AvgIpc) is 2.47. The van der Waals surface area contributed by atoms with Crippen molar-refractivity contribution in [3.8, 4) is 5.75 Å². The van der Waals surface area contributed by atoms with Gasteiger partial charge in [0.15, 0.2) is 0 Å². The minimum Gasteiger partial charge on any atom is -0.406 e. The first-order valence-corrected chi connectivity index (χ1v) is 9.21. The highest BCUT2D eigenvalue weighted by Gasteiger charge is 2.31. The molecule has 0 unspecified atom stereocenters. The smallest absolute Gasteiger partial charge is 0.406 e. The molecule has 1 fully saturated rings. The summed E-state index contributed by atoms with van der Waals surface area (Å²) in [4.78, 5) is 13.8. The van der Waals surface area contributed by atoms with Gasteiger partial charge < -0.3 is 10.1 Å². The fourth-order valence-corrected chi connectivity index (χ4v) is 3.19. The van der Waals surface area contributed by atoms with Crippen molar-refractivity contribution >= 4 is 21.6 Å². The Bertz CT molecular complexity index is 699. The van der Waals surface area contributed by atoms with E-state index in [0.29, 0.717) is 31.9 Å². The van der Waals surface area contributed by atoms with Gasteiger partial charge in [0.2, 0.25) is 15.9 Å². The van der Waals surface area contributed by atoms with Crippen molar-refractivity contribution in [2.24, 2.45) is 0 Å². The number of anilines is 1. The van der Waals surface area contributed by atoms with Crippen LogP contribution in [0.4, 0.5) is 18.9 Å². The summed E-state index contributed by atoms with van der Waals surface area (Å²) in [7, 11) is -3.23. The van der Waals surface area contributed by atoms with E-state index in [1.165, 1.54) is 16.4 Å². The van der Waals surface area contributed by atoms with Crippen LogP contribution < -0.4 is 10.1 Å². The van der Waals surface area contributed by atoms with Crippen molar-refractivity contribution in [2.75, 3.05) is 44.3 Å². The Kier molecular flexibility index (Phi) is 5.91. The van der Waals surface area contributed by atoms with Crippen molar-refractivity contribution in [1.29, 1.82) is 0 Å². The number of alkyl halides is 3. The van der Waals surface area contributed by atoms with Crippen LogP contribution in [0, 0.1) is 0 Å². The van der Waals surface area contributed by atoms with Crippen molar-refractivity contribution in [3.63, 3.8) is 0 Å². The van der Waals surface area contributed by atoms with Gasteiger partial charge >= 0.3 is 6.36 Å². The van der Waals surface area contributed by atoms with Gasteiger partial charge in [-0.1, -0.05) is 0 Å². The number of hydrogen-bond acceptors (Lipinski definition) is 5. The molecule has 7 nitrogen and oxygen atoms in total. The topological polar surface area (TPSA) is 79.0 Å². The van der Waals surface area contributed by atoms with E-state index in [4.69, 9.17) is 0 Å². The highest BCUT2D eigenvalue weighted by molar-refractivity contribution is 7.88. The average molecular weight is 381 g/mol. The van der Waals surface area contributed by atoms with Crippen LogP contribution in [0.2, 0.25) is 0 Å². The summed E-state index contributed by atoms with van der Waals surface area (Å²) in [6.07, 6.45) is -3.62. The predicted octanol–water partition coefficient (Wildman–Crippen LogP) is 1.10. The molecule has 1 N–H and O–H groups in total. The Labute approximate surface area is 143 Å². The summed E-state index contributed by atoms with van der Waals surface area (Å²) < 4.78 is 64.2. The third-order valence-electron chi connectivity index (χ3n) is 3.54. The van der Waals surface area contributed by atoms with E-state index >= 15 is 0 Å². The van der Waals surface area contributed by atoms with Crippen molar-refractivity contribution in [3.05, 3.63) is 24.3 Å². The molecular formula is C14H18F3N3O4S. The second kappa shape index (κ2) is 7.58. The molecule has 0 aromatic heterocycles. The fraction of sp³-hybridized carbons (Fsp3) is 0.500. The molecule has 25 heavy (non-hydrogen) atoms. The first kappa shape index (κ1) is 19.5. The van der Waals surface area contributed by atoms with Crippen LogP contribution in [-0.2, 0) is 14.8 Å². The number of carbonyl (C=O) groups excluding carboxylic acids is 1. The van der Waals surface area contributed by atoms with Crippen LogP contribution in [-0.4, -0.2) is 68.9 Å². The van der Waals surface area contributed by atoms with Gasteiger partial charge in [0.25, 0.3) is 0 Å². The summed E-state index contributed by atoms with van der Waals surface area (Å²) in [5.74, 6) is -0.709. The molecule has 1 aliphatic heterocycles. The van der Waals surface area contributed by atoms with Gasteiger partial charge in [-0.2, -0.15) is 4.31 Å². The van der Waals surface area contributed by atoms with Crippen molar-refractivity contribution < 1.29 is 31.1 Å². The number of carbonyl (C=O) groups is 1. The summed E-state index contributed by atoms with van der Waals surface area (Å²) in [5.41, 5.74) is 0.342. The van der Waals surface area contributed by atoms with Crippen LogP contribution in [0.5, 0.6) is 5.75 Å². The van der Waals surface area contributed by atoms with Gasteiger partial charge in [-0.05, 0) is 24.3 Å². The van der Waals surface area contributed by atoms with Crippen LogP contribution in [0.1, 0.15) is 0 Å². The van der Waals surface area contributed by atoms with Crippen LogP contribution in [0.15, 0.2) is 24.3 Å². The Morgan fingerprint density at radius 3 is 2.20 bits per heavy atom. The van der Waals surface area contributed by atoms with E-state index < -0.39 is 16.4 Å². The van der Waals surface area contributed by atoms with Gasteiger partial charge in [0, 0.05) is 31.9 Å². The van der Waals surface area contributed by atoms with E-state index in [1.54, 1.807) is 4.90 Å². The number of sulfonamides is 1. The summed E-state index contributed by atoms with van der Waals surface area (Å²) >= 11 is 0. The van der Waals surface area contributed by atoms with E-state index in [9.17, 15) is 26.4 Å². The minimum absolute atomic E-state index is 0.0679. The van der Waals surface area contributed by atoms with Crippen LogP contribution in [0.25, 0.3) is 0 Å². The lowest BCUT2D eigenvalue weighted by molar-refractivity contribution is -0.274. The molecule has 0 saturated carbocycles. The van der Waals surface area contributed by atoms with E-state index in [-0.39, 0.29) is 18.2 Å². The lowest BCUT2D eigenvalue weighted by Crippen LogP contribution is -2.50. The van der Waals surface area contributed by atoms with Gasteiger partial charge in [-0.3, -0.25) is 9.69 Å². The molecule has 1 aliphatic rings. The third kappa shape index (κ3) is 6.52. The molecule has 0 atom stereocenters. The molecule has 1 aromatic carbocycles. The van der Waals surface area contributed by atoms with Gasteiger partial charge in [-0.25, -0.2) is 8.42 Å². The SMILES string of the molecule is CS(=O)(=O)N1CCN(CC(=O)Nc2ccc(OC(F)(F)F)cc2)CC1. The summed E-state index contributed by atoms with van der Waals surface area (Å²) in [6.45, 7) is 1.56. The lowest BCUT2D eigenvalue weighted by atomic mass is 10.3. The zero-order chi connectivity index (χ0) is 18.7. The monoisotopic (exact) mass is 381 g/mol. The number of nitrogens with zero attached hydrogens (tertiary/aromatic N) is 2. The molecule has 0 aliphatic carbocycles. The van der Waals surface area contributed by atoms with Gasteiger partial charge in [0.1, 0.15) is 5.75 Å². The molecule has 0 radical (unpaired) electrons. The highest BCUT2D eigenvalue weighted by atomic mass is 32.2. The maximum Gasteiger partial charge on any atom is 0.573 e. The van der Waals surface area contributed by atoms with E-state index in [2.05, 4.69) is 10.1 Å². The molecule has 11 heteroatoms. The van der Waals surface area contributed by atoms with Gasteiger partial charge in [0.05, 0.1) is 12.8 Å². The van der Waals surface area contributed by atoms with Crippen molar-refractivity contribution in [1.82, 2.24) is 9.21 Å². The number of ether oxygens (including phenoxy) is 1. The zero-order valence-electron chi connectivity index (χ0n) is 13.4. The fourth-order valence-electron chi connectivity index (χ4n) is 2.36. The number of amides is 1. The Balaban J connectivity index is 1.81. The van der Waals surface area contributed by atoms with Crippen LogP contribution >= 0.6 is 0 Å². The second-order valence-corrected chi connectivity index (χ2v) is 7.54. The number of rotatable bonds is 5. The van der Waals surface area contributed by atoms with E-state index in [0.717, 1.165) is 18.4 Å². The Morgan fingerprint density at radius 2 is 1.72 bits per heavy atom. The predicted molar refractivity (Wildman–Crippen MR) is 84.6 cm³/mol. The van der Waals surface area contributed by atoms with E-state index in [1.807, 2.05) is 0 Å². The molecule has 1 amide bonds. The largest absolute Gasteiger partial charge is 0.573 e. The number of nitrogens with one attached hydrogen (secondary N) is 1. The Morgan fingerprint density at radius 1 is 1.16 bits per heavy atom. The molecule has 1 heterocycles. The van der Waals surface area contributed by atoms with Crippen molar-refractivity contribution in [2.45, 2.75) is 6.36 Å². The maximum atomic E-state index is 12.1. The molecule has 1 aromatic rings. The first-order chi connectivity index (χ1) is 11.5. The summed E-state index contributed by atoms with van der Waals surface area (Å²) in [6, 6.07) is 4.82. The zero-order valence-corrected chi connectivity index (χ0v) is 14.2. The summed E-state index contributed by atoms with van der Waals surface area (Å²) in [5, 5.41) is 2.57. The normalized spacial score (nSPS) is 17.3. The minimum atomic E-state index is -4.77. The number of piperazine rings is 1. The first-order valence-electron chi connectivity index (χ1n) is 7.36. The number of hydrogen-bond donors (Lipinski definition) is 1. The highest BCUT2D eigenvalue weighted by Crippen LogP contribution is 2.23. The molecule has 0 spiro atoms. The number of benzene rings is 1. The molecule has 0 bridgehead atoms. The standard InChI is InChI=1S/C14H18F3N3O4S/c1-25(22,23)20-8-6-19(7-9-20)10-13(21)18-11-2-4-12(5-3-11)24-14(15,16)17/h2-5H,6-10H2,1H3,(H,18,21). The molecular weight excluding hydrogens is 363 g/mol. The van der Waals surface area contributed by atoms with Crippen LogP contribution in [0.3, 0.4) is 0 Å². The van der Waals surface area contributed by atoms with Gasteiger partial charge in [-0.15, -0.1) is 13.2 Å². The number of halogens is 3. The molecule has 1 saturated heterocycles. The third-order valence-corrected chi connectivity index (χ3v) is 4.84. The molecule has 2 rings (SSSR count). The lowest BCUT2D eigenvalue weighted by Gasteiger charge is -2.32. The maximum absolute atomic E-state index is 12.1.